The lowest BCUT2D eigenvalue weighted by atomic mass is 9.96. The second-order valence-corrected chi connectivity index (χ2v) is 6.07. The summed E-state index contributed by atoms with van der Waals surface area (Å²) in [5, 5.41) is 0. The minimum absolute atomic E-state index is 0.686. The Morgan fingerprint density at radius 2 is 1.93 bits per heavy atom. The summed E-state index contributed by atoms with van der Waals surface area (Å²) in [5.41, 5.74) is 5.99. The Bertz CT molecular complexity index is 172. The molecule has 1 atom stereocenters. The van der Waals surface area contributed by atoms with Gasteiger partial charge >= 0.3 is 0 Å². The zero-order chi connectivity index (χ0) is 10.5. The lowest BCUT2D eigenvalue weighted by Gasteiger charge is -2.33. The molecule has 0 radical (unpaired) electrons. The quantitative estimate of drug-likeness (QED) is 0.800. The summed E-state index contributed by atoms with van der Waals surface area (Å²) in [6, 6.07) is 0.686. The van der Waals surface area contributed by atoms with E-state index in [0.29, 0.717) is 6.04 Å². The zero-order valence-electron chi connectivity index (χ0n) is 9.66. The van der Waals surface area contributed by atoms with Crippen LogP contribution in [0.1, 0.15) is 32.1 Å². The lowest BCUT2D eigenvalue weighted by Crippen LogP contribution is -2.46. The van der Waals surface area contributed by atoms with Gasteiger partial charge in [-0.25, -0.2) is 0 Å². The first kappa shape index (κ1) is 11.7. The van der Waals surface area contributed by atoms with E-state index in [-0.39, 0.29) is 0 Å². The second-order valence-electron chi connectivity index (χ2n) is 4.85. The van der Waals surface area contributed by atoms with E-state index in [4.69, 9.17) is 5.73 Å². The second kappa shape index (κ2) is 6.12. The Morgan fingerprint density at radius 1 is 1.13 bits per heavy atom. The SMILES string of the molecule is NCC(C1CCCC1)N1CCCSCC1. The van der Waals surface area contributed by atoms with Crippen LogP contribution in [0.5, 0.6) is 0 Å². The van der Waals surface area contributed by atoms with Crippen LogP contribution in [-0.4, -0.2) is 42.1 Å². The highest BCUT2D eigenvalue weighted by Crippen LogP contribution is 2.30. The normalized spacial score (nSPS) is 27.8. The van der Waals surface area contributed by atoms with E-state index in [1.165, 1.54) is 56.7 Å². The monoisotopic (exact) mass is 228 g/mol. The van der Waals surface area contributed by atoms with E-state index in [1.54, 1.807) is 0 Å². The van der Waals surface area contributed by atoms with Crippen molar-refractivity contribution in [2.45, 2.75) is 38.1 Å². The molecule has 0 spiro atoms. The predicted molar refractivity (Wildman–Crippen MR) is 68.3 cm³/mol. The van der Waals surface area contributed by atoms with E-state index in [9.17, 15) is 0 Å². The Labute approximate surface area is 98.0 Å². The van der Waals surface area contributed by atoms with Crippen LogP contribution in [-0.2, 0) is 0 Å². The maximum atomic E-state index is 5.99. The van der Waals surface area contributed by atoms with Crippen molar-refractivity contribution in [3.8, 4) is 0 Å². The first-order chi connectivity index (χ1) is 7.42. The van der Waals surface area contributed by atoms with Gasteiger partial charge in [0.05, 0.1) is 0 Å². The van der Waals surface area contributed by atoms with Crippen LogP contribution in [0.25, 0.3) is 0 Å². The van der Waals surface area contributed by atoms with Gasteiger partial charge in [-0.2, -0.15) is 11.8 Å². The third-order valence-electron chi connectivity index (χ3n) is 3.91. The van der Waals surface area contributed by atoms with Crippen molar-refractivity contribution < 1.29 is 0 Å². The molecule has 1 heterocycles. The van der Waals surface area contributed by atoms with Crippen LogP contribution in [0.4, 0.5) is 0 Å². The van der Waals surface area contributed by atoms with Gasteiger partial charge in [0.2, 0.25) is 0 Å². The van der Waals surface area contributed by atoms with Crippen molar-refractivity contribution in [1.82, 2.24) is 4.90 Å². The Kier molecular flexibility index (Phi) is 4.79. The maximum absolute atomic E-state index is 5.99. The molecule has 2 nitrogen and oxygen atoms in total. The molecule has 1 saturated carbocycles. The number of nitrogens with zero attached hydrogens (tertiary/aromatic N) is 1. The Balaban J connectivity index is 1.91. The molecule has 1 aliphatic carbocycles. The van der Waals surface area contributed by atoms with Gasteiger partial charge in [0, 0.05) is 24.9 Å². The molecule has 88 valence electrons. The molecule has 0 aromatic carbocycles. The standard InChI is InChI=1S/C12H24N2S/c13-10-12(11-4-1-2-5-11)14-6-3-8-15-9-7-14/h11-12H,1-10,13H2. The minimum Gasteiger partial charge on any atom is -0.329 e. The largest absolute Gasteiger partial charge is 0.329 e. The van der Waals surface area contributed by atoms with E-state index in [1.807, 2.05) is 0 Å². The maximum Gasteiger partial charge on any atom is 0.0246 e. The molecule has 2 rings (SSSR count). The Morgan fingerprint density at radius 3 is 2.67 bits per heavy atom. The summed E-state index contributed by atoms with van der Waals surface area (Å²) in [4.78, 5) is 2.68. The molecule has 0 aromatic rings. The number of nitrogens with two attached hydrogens (primary N) is 1. The van der Waals surface area contributed by atoms with Crippen LogP contribution >= 0.6 is 11.8 Å². The summed E-state index contributed by atoms with van der Waals surface area (Å²) in [6.45, 7) is 3.42. The molecular weight excluding hydrogens is 204 g/mol. The highest BCUT2D eigenvalue weighted by molar-refractivity contribution is 7.99. The van der Waals surface area contributed by atoms with Crippen molar-refractivity contribution in [2.24, 2.45) is 11.7 Å². The first-order valence-electron chi connectivity index (χ1n) is 6.43. The van der Waals surface area contributed by atoms with Gasteiger partial charge < -0.3 is 5.73 Å². The van der Waals surface area contributed by atoms with Crippen molar-refractivity contribution in [3.63, 3.8) is 0 Å². The van der Waals surface area contributed by atoms with E-state index < -0.39 is 0 Å². The molecule has 15 heavy (non-hydrogen) atoms. The molecule has 2 aliphatic rings. The molecule has 0 amide bonds. The van der Waals surface area contributed by atoms with Crippen molar-refractivity contribution in [3.05, 3.63) is 0 Å². The van der Waals surface area contributed by atoms with Crippen LogP contribution in [0.2, 0.25) is 0 Å². The predicted octanol–water partition coefficient (Wildman–Crippen LogP) is 1.94. The summed E-state index contributed by atoms with van der Waals surface area (Å²) in [6.07, 6.45) is 7.07. The molecule has 3 heteroatoms. The molecule has 0 aromatic heterocycles. The third-order valence-corrected chi connectivity index (χ3v) is 4.96. The van der Waals surface area contributed by atoms with Crippen LogP contribution < -0.4 is 5.73 Å². The van der Waals surface area contributed by atoms with E-state index >= 15 is 0 Å². The van der Waals surface area contributed by atoms with Crippen LogP contribution in [0.15, 0.2) is 0 Å². The zero-order valence-corrected chi connectivity index (χ0v) is 10.5. The number of rotatable bonds is 3. The van der Waals surface area contributed by atoms with Crippen molar-refractivity contribution in [1.29, 1.82) is 0 Å². The summed E-state index contributed by atoms with van der Waals surface area (Å²) in [5.74, 6) is 3.56. The van der Waals surface area contributed by atoms with Crippen molar-refractivity contribution in [2.75, 3.05) is 31.1 Å². The number of thioether (sulfide) groups is 1. The number of hydrogen-bond donors (Lipinski definition) is 1. The molecule has 1 aliphatic heterocycles. The molecule has 1 unspecified atom stereocenters. The molecule has 2 N–H and O–H groups in total. The van der Waals surface area contributed by atoms with E-state index in [2.05, 4.69) is 16.7 Å². The lowest BCUT2D eigenvalue weighted by molar-refractivity contribution is 0.158. The average molecular weight is 228 g/mol. The van der Waals surface area contributed by atoms with Crippen LogP contribution in [0, 0.1) is 5.92 Å². The minimum atomic E-state index is 0.686. The first-order valence-corrected chi connectivity index (χ1v) is 7.59. The summed E-state index contributed by atoms with van der Waals surface area (Å²) >= 11 is 2.11. The van der Waals surface area contributed by atoms with Gasteiger partial charge in [-0.05, 0) is 37.5 Å². The van der Waals surface area contributed by atoms with Gasteiger partial charge in [-0.3, -0.25) is 4.90 Å². The van der Waals surface area contributed by atoms with Gasteiger partial charge in [0.25, 0.3) is 0 Å². The van der Waals surface area contributed by atoms with E-state index in [0.717, 1.165) is 12.5 Å². The highest BCUT2D eigenvalue weighted by Gasteiger charge is 2.28. The topological polar surface area (TPSA) is 29.3 Å². The summed E-state index contributed by atoms with van der Waals surface area (Å²) < 4.78 is 0. The number of hydrogen-bond acceptors (Lipinski definition) is 3. The average Bonchev–Trinajstić information content (AvgIpc) is 2.63. The third kappa shape index (κ3) is 3.11. The van der Waals surface area contributed by atoms with Crippen molar-refractivity contribution >= 4 is 11.8 Å². The summed E-state index contributed by atoms with van der Waals surface area (Å²) in [7, 11) is 0. The Hall–Kier alpha value is 0.270. The molecule has 1 saturated heterocycles. The van der Waals surface area contributed by atoms with Crippen LogP contribution in [0.3, 0.4) is 0 Å². The molecular formula is C12H24N2S. The molecule has 2 fully saturated rings. The molecule has 0 bridgehead atoms. The smallest absolute Gasteiger partial charge is 0.0246 e. The van der Waals surface area contributed by atoms with Gasteiger partial charge in [0.1, 0.15) is 0 Å². The fourth-order valence-electron chi connectivity index (χ4n) is 3.08. The van der Waals surface area contributed by atoms with Gasteiger partial charge in [0.15, 0.2) is 0 Å². The fourth-order valence-corrected chi connectivity index (χ4v) is 3.98. The fraction of sp³-hybridized carbons (Fsp3) is 1.00. The van der Waals surface area contributed by atoms with Gasteiger partial charge in [-0.1, -0.05) is 12.8 Å². The highest BCUT2D eigenvalue weighted by atomic mass is 32.2. The van der Waals surface area contributed by atoms with Gasteiger partial charge in [-0.15, -0.1) is 0 Å².